The van der Waals surface area contributed by atoms with Crippen molar-refractivity contribution < 1.29 is 13.2 Å². The van der Waals surface area contributed by atoms with Crippen LogP contribution in [0.5, 0.6) is 0 Å². The van der Waals surface area contributed by atoms with E-state index in [9.17, 15) is 8.42 Å². The number of morpholine rings is 1. The van der Waals surface area contributed by atoms with Gasteiger partial charge in [0, 0.05) is 6.54 Å². The second-order valence-corrected chi connectivity index (χ2v) is 7.58. The molecule has 3 rings (SSSR count). The van der Waals surface area contributed by atoms with Gasteiger partial charge in [-0.1, -0.05) is 30.5 Å². The van der Waals surface area contributed by atoms with E-state index in [2.05, 4.69) is 0 Å². The van der Waals surface area contributed by atoms with Gasteiger partial charge in [-0.3, -0.25) is 0 Å². The molecule has 0 amide bonds. The normalized spacial score (nSPS) is 28.1. The lowest BCUT2D eigenvalue weighted by Crippen LogP contribution is -2.54. The maximum Gasteiger partial charge on any atom is 0.243 e. The Hall–Kier alpha value is -0.910. The van der Waals surface area contributed by atoms with E-state index < -0.39 is 10.0 Å². The van der Waals surface area contributed by atoms with Gasteiger partial charge >= 0.3 is 0 Å². The Morgan fingerprint density at radius 3 is 2.60 bits per heavy atom. The van der Waals surface area contributed by atoms with Crippen molar-refractivity contribution >= 4 is 10.0 Å². The average molecular weight is 295 g/mol. The third-order valence-electron chi connectivity index (χ3n) is 4.31. The summed E-state index contributed by atoms with van der Waals surface area (Å²) >= 11 is 0. The fourth-order valence-electron chi connectivity index (χ4n) is 3.21. The van der Waals surface area contributed by atoms with E-state index in [1.807, 2.05) is 19.1 Å². The molecule has 1 aliphatic carbocycles. The van der Waals surface area contributed by atoms with Crippen molar-refractivity contribution in [1.82, 2.24) is 4.31 Å². The molecule has 4 nitrogen and oxygen atoms in total. The monoisotopic (exact) mass is 295 g/mol. The summed E-state index contributed by atoms with van der Waals surface area (Å²) < 4.78 is 33.1. The number of rotatable bonds is 2. The number of fused-ring (bicyclic) bond motifs is 1. The van der Waals surface area contributed by atoms with E-state index in [1.165, 1.54) is 0 Å². The lowest BCUT2D eigenvalue weighted by atomic mass is 9.91. The molecule has 0 unspecified atom stereocenters. The van der Waals surface area contributed by atoms with Crippen LogP contribution < -0.4 is 0 Å². The SMILES string of the molecule is Cc1ccc(S(=O)(=O)N2CCO[C@@H]3CCCC[C@H]32)cc1. The summed E-state index contributed by atoms with van der Waals surface area (Å²) in [5.41, 5.74) is 1.07. The standard InChI is InChI=1S/C15H21NO3S/c1-12-6-8-13(9-7-12)20(17,18)16-10-11-19-15-5-3-2-4-14(15)16/h6-9,14-15H,2-5,10-11H2,1H3/t14-,15-/m1/s1. The molecular formula is C15H21NO3S. The van der Waals surface area contributed by atoms with Crippen LogP contribution in [0, 0.1) is 6.92 Å². The van der Waals surface area contributed by atoms with Gasteiger partial charge < -0.3 is 4.74 Å². The van der Waals surface area contributed by atoms with Crippen LogP contribution in [0.1, 0.15) is 31.2 Å². The molecule has 1 aromatic carbocycles. The molecule has 0 radical (unpaired) electrons. The van der Waals surface area contributed by atoms with Gasteiger partial charge in [-0.2, -0.15) is 4.31 Å². The molecule has 2 atom stereocenters. The van der Waals surface area contributed by atoms with E-state index in [0.717, 1.165) is 31.2 Å². The van der Waals surface area contributed by atoms with E-state index in [1.54, 1.807) is 16.4 Å². The molecule has 0 N–H and O–H groups in total. The van der Waals surface area contributed by atoms with E-state index in [4.69, 9.17) is 4.74 Å². The van der Waals surface area contributed by atoms with E-state index in [-0.39, 0.29) is 12.1 Å². The lowest BCUT2D eigenvalue weighted by Gasteiger charge is -2.42. The van der Waals surface area contributed by atoms with Gasteiger partial charge in [-0.05, 0) is 31.9 Å². The highest BCUT2D eigenvalue weighted by Crippen LogP contribution is 2.32. The maximum absolute atomic E-state index is 12.8. The zero-order valence-corrected chi connectivity index (χ0v) is 12.6. The number of sulfonamides is 1. The second kappa shape index (κ2) is 5.47. The van der Waals surface area contributed by atoms with Crippen molar-refractivity contribution in [2.24, 2.45) is 0 Å². The molecule has 1 aromatic rings. The predicted molar refractivity (Wildman–Crippen MR) is 77.1 cm³/mol. The molecule has 1 saturated heterocycles. The smallest absolute Gasteiger partial charge is 0.243 e. The number of hydrogen-bond donors (Lipinski definition) is 0. The zero-order valence-electron chi connectivity index (χ0n) is 11.8. The minimum Gasteiger partial charge on any atom is -0.375 e. The fourth-order valence-corrected chi connectivity index (χ4v) is 4.87. The van der Waals surface area contributed by atoms with Gasteiger partial charge in [0.1, 0.15) is 0 Å². The topological polar surface area (TPSA) is 46.6 Å². The molecule has 1 heterocycles. The summed E-state index contributed by atoms with van der Waals surface area (Å²) in [7, 11) is -3.40. The van der Waals surface area contributed by atoms with Crippen LogP contribution in [0.15, 0.2) is 29.2 Å². The van der Waals surface area contributed by atoms with Crippen LogP contribution >= 0.6 is 0 Å². The van der Waals surface area contributed by atoms with Crippen molar-refractivity contribution in [3.63, 3.8) is 0 Å². The average Bonchev–Trinajstić information content (AvgIpc) is 2.47. The highest BCUT2D eigenvalue weighted by Gasteiger charge is 2.40. The van der Waals surface area contributed by atoms with Gasteiger partial charge in [0.25, 0.3) is 0 Å². The molecule has 20 heavy (non-hydrogen) atoms. The molecule has 2 fully saturated rings. The third-order valence-corrected chi connectivity index (χ3v) is 6.25. The molecule has 5 heteroatoms. The Bertz CT molecular complexity index is 565. The van der Waals surface area contributed by atoms with Gasteiger partial charge in [-0.15, -0.1) is 0 Å². The van der Waals surface area contributed by atoms with E-state index in [0.29, 0.717) is 18.0 Å². The molecule has 110 valence electrons. The Morgan fingerprint density at radius 1 is 1.15 bits per heavy atom. The van der Waals surface area contributed by atoms with Crippen molar-refractivity contribution in [1.29, 1.82) is 0 Å². The summed E-state index contributed by atoms with van der Waals surface area (Å²) in [6, 6.07) is 7.14. The van der Waals surface area contributed by atoms with Crippen LogP contribution in [0.3, 0.4) is 0 Å². The van der Waals surface area contributed by atoms with E-state index >= 15 is 0 Å². The Morgan fingerprint density at radius 2 is 1.85 bits per heavy atom. The van der Waals surface area contributed by atoms with Crippen molar-refractivity contribution in [2.45, 2.75) is 49.6 Å². The molecule has 1 aliphatic heterocycles. The van der Waals surface area contributed by atoms with Crippen LogP contribution in [0.25, 0.3) is 0 Å². The first-order valence-corrected chi connectivity index (χ1v) is 8.73. The first kappa shape index (κ1) is 14.0. The summed E-state index contributed by atoms with van der Waals surface area (Å²) in [5.74, 6) is 0. The van der Waals surface area contributed by atoms with Crippen LogP contribution in [-0.4, -0.2) is 38.0 Å². The molecule has 0 bridgehead atoms. The van der Waals surface area contributed by atoms with Crippen molar-refractivity contribution in [3.05, 3.63) is 29.8 Å². The Labute approximate surface area is 120 Å². The Kier molecular flexibility index (Phi) is 3.84. The lowest BCUT2D eigenvalue weighted by molar-refractivity contribution is -0.0586. The number of benzene rings is 1. The summed E-state index contributed by atoms with van der Waals surface area (Å²) in [5, 5.41) is 0. The second-order valence-electron chi connectivity index (χ2n) is 5.69. The molecule has 0 aromatic heterocycles. The predicted octanol–water partition coefficient (Wildman–Crippen LogP) is 2.33. The first-order valence-electron chi connectivity index (χ1n) is 7.29. The van der Waals surface area contributed by atoms with Gasteiger partial charge in [0.15, 0.2) is 0 Å². The molecule has 1 saturated carbocycles. The highest BCUT2D eigenvalue weighted by molar-refractivity contribution is 7.89. The molecule has 0 spiro atoms. The number of nitrogens with zero attached hydrogens (tertiary/aromatic N) is 1. The van der Waals surface area contributed by atoms with Crippen molar-refractivity contribution in [3.8, 4) is 0 Å². The van der Waals surface area contributed by atoms with Crippen LogP contribution in [0.4, 0.5) is 0 Å². The van der Waals surface area contributed by atoms with Gasteiger partial charge in [0.05, 0.1) is 23.6 Å². The third kappa shape index (κ3) is 2.50. The quantitative estimate of drug-likeness (QED) is 0.841. The molecular weight excluding hydrogens is 274 g/mol. The number of ether oxygens (including phenoxy) is 1. The number of hydrogen-bond acceptors (Lipinski definition) is 3. The summed E-state index contributed by atoms with van der Waals surface area (Å²) in [4.78, 5) is 0.398. The fraction of sp³-hybridized carbons (Fsp3) is 0.600. The van der Waals surface area contributed by atoms with Crippen LogP contribution in [0.2, 0.25) is 0 Å². The zero-order chi connectivity index (χ0) is 14.2. The maximum atomic E-state index is 12.8. The van der Waals surface area contributed by atoms with Gasteiger partial charge in [-0.25, -0.2) is 8.42 Å². The first-order chi connectivity index (χ1) is 9.59. The minimum atomic E-state index is -3.40. The summed E-state index contributed by atoms with van der Waals surface area (Å²) in [6.07, 6.45) is 4.20. The Balaban J connectivity index is 1.91. The van der Waals surface area contributed by atoms with Gasteiger partial charge in [0.2, 0.25) is 10.0 Å². The summed E-state index contributed by atoms with van der Waals surface area (Å²) in [6.45, 7) is 2.94. The van der Waals surface area contributed by atoms with Crippen molar-refractivity contribution in [2.75, 3.05) is 13.2 Å². The molecule has 2 aliphatic rings. The van der Waals surface area contributed by atoms with Crippen LogP contribution in [-0.2, 0) is 14.8 Å². The highest BCUT2D eigenvalue weighted by atomic mass is 32.2. The largest absolute Gasteiger partial charge is 0.375 e. The number of aryl methyl sites for hydroxylation is 1. The minimum absolute atomic E-state index is 0.0174.